The monoisotopic (exact) mass is 538 g/mol. The maximum atomic E-state index is 13.0. The lowest BCUT2D eigenvalue weighted by Gasteiger charge is -2.23. The number of anilines is 3. The number of alkyl halides is 2. The van der Waals surface area contributed by atoms with Gasteiger partial charge in [-0.1, -0.05) is 18.2 Å². The van der Waals surface area contributed by atoms with Gasteiger partial charge in [0.25, 0.3) is 0 Å². The van der Waals surface area contributed by atoms with Gasteiger partial charge >= 0.3 is 6.03 Å². The molecule has 0 bridgehead atoms. The number of carbonyl (C=O) groups is 1. The highest BCUT2D eigenvalue weighted by Crippen LogP contribution is 2.33. The third-order valence-electron chi connectivity index (χ3n) is 5.81. The lowest BCUT2D eigenvalue weighted by Crippen LogP contribution is -2.27. The number of methoxy groups -OCH3 is 2. The quantitative estimate of drug-likeness (QED) is 0.216. The first-order valence-corrected chi connectivity index (χ1v) is 12.8. The number of fused-ring (bicyclic) bond motifs is 1. The minimum atomic E-state index is -0.364. The van der Waals surface area contributed by atoms with Crippen molar-refractivity contribution in [2.24, 2.45) is 0 Å². The Labute approximate surface area is 226 Å². The van der Waals surface area contributed by atoms with Crippen LogP contribution in [0.4, 0.5) is 21.9 Å². The Balaban J connectivity index is 1.58. The Bertz CT molecular complexity index is 1340. The zero-order chi connectivity index (χ0) is 26.2. The van der Waals surface area contributed by atoms with Crippen LogP contribution < -0.4 is 25.0 Å². The van der Waals surface area contributed by atoms with Gasteiger partial charge in [-0.2, -0.15) is 0 Å². The Morgan fingerprint density at radius 1 is 0.865 bits per heavy atom. The van der Waals surface area contributed by atoms with Gasteiger partial charge in [-0.15, -0.1) is 23.2 Å². The molecule has 4 aromatic rings. The molecule has 3 aromatic carbocycles. The molecule has 7 nitrogen and oxygen atoms in total. The number of hydrogen-bond acceptors (Lipinski definition) is 5. The van der Waals surface area contributed by atoms with Crippen molar-refractivity contribution in [2.75, 3.05) is 54.6 Å². The van der Waals surface area contributed by atoms with Crippen molar-refractivity contribution in [3.63, 3.8) is 0 Å². The molecule has 2 amide bonds. The van der Waals surface area contributed by atoms with Crippen LogP contribution in [0, 0.1) is 0 Å². The molecule has 0 aliphatic heterocycles. The third-order valence-corrected chi connectivity index (χ3v) is 6.15. The van der Waals surface area contributed by atoms with Crippen molar-refractivity contribution in [1.82, 2.24) is 4.98 Å². The summed E-state index contributed by atoms with van der Waals surface area (Å²) in [5, 5.41) is 6.70. The maximum Gasteiger partial charge on any atom is 0.323 e. The first-order chi connectivity index (χ1) is 18.0. The van der Waals surface area contributed by atoms with Gasteiger partial charge in [-0.25, -0.2) is 9.78 Å². The molecule has 0 spiro atoms. The number of pyridine rings is 1. The van der Waals surface area contributed by atoms with Crippen LogP contribution in [-0.2, 0) is 0 Å². The number of aromatic nitrogens is 1. The molecule has 1 aromatic heterocycles. The Morgan fingerprint density at radius 3 is 2.14 bits per heavy atom. The summed E-state index contributed by atoms with van der Waals surface area (Å²) in [4.78, 5) is 19.9. The molecule has 2 N–H and O–H groups in total. The standard InChI is InChI=1S/C28H28Cl2N4O3/c1-36-22-15-19(16-23(17-22)37-2)26-18-27(24-5-3-4-6-25(24)32-26)33-28(35)31-20-7-9-21(10-8-20)34(13-11-29)14-12-30/h3-10,15-18H,11-14H2,1-2H3,(H2,31,32,33,35). The number of amides is 2. The lowest BCUT2D eigenvalue weighted by atomic mass is 10.1. The molecule has 192 valence electrons. The van der Waals surface area contributed by atoms with E-state index in [4.69, 9.17) is 37.7 Å². The highest BCUT2D eigenvalue weighted by Gasteiger charge is 2.13. The van der Waals surface area contributed by atoms with Crippen LogP contribution >= 0.6 is 23.2 Å². The number of para-hydroxylation sites is 1. The van der Waals surface area contributed by atoms with Gasteiger partial charge in [0.1, 0.15) is 11.5 Å². The van der Waals surface area contributed by atoms with E-state index in [0.29, 0.717) is 53.4 Å². The second kappa shape index (κ2) is 12.5. The fourth-order valence-electron chi connectivity index (χ4n) is 4.00. The minimum absolute atomic E-state index is 0.364. The van der Waals surface area contributed by atoms with E-state index < -0.39 is 0 Å². The second-order valence-corrected chi connectivity index (χ2v) is 8.92. The average molecular weight is 539 g/mol. The molecule has 1 heterocycles. The van der Waals surface area contributed by atoms with Gasteiger partial charge in [0.05, 0.1) is 31.1 Å². The molecule has 0 unspecified atom stereocenters. The maximum absolute atomic E-state index is 13.0. The van der Waals surface area contributed by atoms with Crippen molar-refractivity contribution in [2.45, 2.75) is 0 Å². The highest BCUT2D eigenvalue weighted by atomic mass is 35.5. The molecule has 37 heavy (non-hydrogen) atoms. The van der Waals surface area contributed by atoms with E-state index in [1.165, 1.54) is 0 Å². The fourth-order valence-corrected chi connectivity index (χ4v) is 4.40. The van der Waals surface area contributed by atoms with Crippen molar-refractivity contribution in [3.8, 4) is 22.8 Å². The average Bonchev–Trinajstić information content (AvgIpc) is 2.93. The summed E-state index contributed by atoms with van der Waals surface area (Å²) in [6, 6.07) is 22.3. The molecule has 0 saturated carbocycles. The number of halogens is 2. The zero-order valence-corrected chi connectivity index (χ0v) is 22.1. The third kappa shape index (κ3) is 6.56. The van der Waals surface area contributed by atoms with Gasteiger partial charge in [0.2, 0.25) is 0 Å². The largest absolute Gasteiger partial charge is 0.497 e. The molecule has 0 saturated heterocycles. The number of ether oxygens (including phenoxy) is 2. The first-order valence-electron chi connectivity index (χ1n) is 11.7. The van der Waals surface area contributed by atoms with Crippen LogP contribution in [0.5, 0.6) is 11.5 Å². The number of urea groups is 1. The fraction of sp³-hybridized carbons (Fsp3) is 0.214. The topological polar surface area (TPSA) is 75.7 Å². The number of rotatable bonds is 10. The normalized spacial score (nSPS) is 10.7. The van der Waals surface area contributed by atoms with Gasteiger partial charge in [0.15, 0.2) is 0 Å². The minimum Gasteiger partial charge on any atom is -0.497 e. The van der Waals surface area contributed by atoms with E-state index in [1.807, 2.05) is 66.7 Å². The van der Waals surface area contributed by atoms with Gasteiger partial charge in [-0.3, -0.25) is 0 Å². The van der Waals surface area contributed by atoms with E-state index >= 15 is 0 Å². The van der Waals surface area contributed by atoms with E-state index in [9.17, 15) is 4.79 Å². The molecule has 0 fully saturated rings. The van der Waals surface area contributed by atoms with Crippen LogP contribution in [0.15, 0.2) is 72.8 Å². The Kier molecular flexibility index (Phi) is 8.93. The van der Waals surface area contributed by atoms with Crippen LogP contribution in [0.2, 0.25) is 0 Å². The van der Waals surface area contributed by atoms with E-state index in [2.05, 4.69) is 15.5 Å². The molecule has 0 radical (unpaired) electrons. The Morgan fingerprint density at radius 2 is 1.51 bits per heavy atom. The van der Waals surface area contributed by atoms with Gasteiger partial charge in [0, 0.05) is 53.2 Å². The first kappa shape index (κ1) is 26.4. The highest BCUT2D eigenvalue weighted by molar-refractivity contribution is 6.18. The number of carbonyl (C=O) groups excluding carboxylic acids is 1. The van der Waals surface area contributed by atoms with E-state index in [1.54, 1.807) is 20.3 Å². The summed E-state index contributed by atoms with van der Waals surface area (Å²) in [6.07, 6.45) is 0. The van der Waals surface area contributed by atoms with Crippen LogP contribution in [-0.4, -0.2) is 50.1 Å². The van der Waals surface area contributed by atoms with Crippen LogP contribution in [0.3, 0.4) is 0 Å². The van der Waals surface area contributed by atoms with Crippen molar-refractivity contribution in [3.05, 3.63) is 72.8 Å². The predicted molar refractivity (Wildman–Crippen MR) is 153 cm³/mol. The van der Waals surface area contributed by atoms with Crippen molar-refractivity contribution in [1.29, 1.82) is 0 Å². The summed E-state index contributed by atoms with van der Waals surface area (Å²) >= 11 is 11.8. The summed E-state index contributed by atoms with van der Waals surface area (Å²) in [5.74, 6) is 2.30. The summed E-state index contributed by atoms with van der Waals surface area (Å²) in [5.41, 5.74) is 4.51. The zero-order valence-electron chi connectivity index (χ0n) is 20.6. The van der Waals surface area contributed by atoms with Crippen LogP contribution in [0.25, 0.3) is 22.2 Å². The summed E-state index contributed by atoms with van der Waals surface area (Å²) in [7, 11) is 3.20. The molecular formula is C28H28Cl2N4O3. The lowest BCUT2D eigenvalue weighted by molar-refractivity contribution is 0.262. The van der Waals surface area contributed by atoms with E-state index in [-0.39, 0.29) is 6.03 Å². The second-order valence-electron chi connectivity index (χ2n) is 8.16. The van der Waals surface area contributed by atoms with Crippen molar-refractivity contribution < 1.29 is 14.3 Å². The predicted octanol–water partition coefficient (Wildman–Crippen LogP) is 6.85. The molecule has 9 heteroatoms. The molecular weight excluding hydrogens is 511 g/mol. The number of benzene rings is 3. The Hall–Kier alpha value is -3.68. The molecule has 4 rings (SSSR count). The van der Waals surface area contributed by atoms with Crippen molar-refractivity contribution >= 4 is 57.2 Å². The number of hydrogen-bond donors (Lipinski definition) is 2. The molecule has 0 aliphatic rings. The van der Waals surface area contributed by atoms with Gasteiger partial charge in [-0.05, 0) is 48.5 Å². The smallest absolute Gasteiger partial charge is 0.323 e. The summed E-state index contributed by atoms with van der Waals surface area (Å²) < 4.78 is 10.8. The molecule has 0 aliphatic carbocycles. The molecule has 0 atom stereocenters. The number of nitrogens with one attached hydrogen (secondary N) is 2. The number of nitrogens with zero attached hydrogens (tertiary/aromatic N) is 2. The van der Waals surface area contributed by atoms with Gasteiger partial charge < -0.3 is 25.0 Å². The van der Waals surface area contributed by atoms with E-state index in [0.717, 1.165) is 22.2 Å². The SMILES string of the molecule is COc1cc(OC)cc(-c2cc(NC(=O)Nc3ccc(N(CCCl)CCCl)cc3)c3ccccc3n2)c1. The van der Waals surface area contributed by atoms with Crippen LogP contribution in [0.1, 0.15) is 0 Å². The summed E-state index contributed by atoms with van der Waals surface area (Å²) in [6.45, 7) is 1.39.